The fourth-order valence-electron chi connectivity index (χ4n) is 2.83. The first kappa shape index (κ1) is 15.7. The Balaban J connectivity index is 1.93. The number of aromatic nitrogens is 3. The van der Waals surface area contributed by atoms with Crippen LogP contribution < -0.4 is 5.56 Å². The Morgan fingerprint density at radius 2 is 1.76 bits per heavy atom. The van der Waals surface area contributed by atoms with Crippen molar-refractivity contribution >= 4 is 21.6 Å². The standard InChI is InChI=1S/C19H14FN3OS/c1-10-3-4-13(9-21-10)17-22-18(24)16-15(11(2)25-19(16)23-17)12-5-7-14(20)8-6-12/h3-9H,1-2H3,(H,22,23,24). The van der Waals surface area contributed by atoms with E-state index in [0.717, 1.165) is 27.3 Å². The van der Waals surface area contributed by atoms with Gasteiger partial charge < -0.3 is 4.98 Å². The van der Waals surface area contributed by atoms with Crippen molar-refractivity contribution in [3.05, 3.63) is 69.3 Å². The van der Waals surface area contributed by atoms with Gasteiger partial charge in [-0.15, -0.1) is 11.3 Å². The van der Waals surface area contributed by atoms with E-state index >= 15 is 0 Å². The van der Waals surface area contributed by atoms with Gasteiger partial charge >= 0.3 is 0 Å². The largest absolute Gasteiger partial charge is 0.306 e. The number of halogens is 1. The van der Waals surface area contributed by atoms with Crippen LogP contribution in [0.2, 0.25) is 0 Å². The van der Waals surface area contributed by atoms with Crippen LogP contribution in [0, 0.1) is 19.7 Å². The molecule has 4 nitrogen and oxygen atoms in total. The summed E-state index contributed by atoms with van der Waals surface area (Å²) in [6.45, 7) is 3.85. The number of pyridine rings is 1. The maximum absolute atomic E-state index is 13.2. The molecule has 0 bridgehead atoms. The Labute approximate surface area is 147 Å². The highest BCUT2D eigenvalue weighted by Crippen LogP contribution is 2.36. The summed E-state index contributed by atoms with van der Waals surface area (Å²) in [6, 6.07) is 9.91. The highest BCUT2D eigenvalue weighted by Gasteiger charge is 2.17. The van der Waals surface area contributed by atoms with Crippen LogP contribution in [0.25, 0.3) is 32.7 Å². The second-order valence-electron chi connectivity index (χ2n) is 5.82. The smallest absolute Gasteiger partial charge is 0.260 e. The molecule has 4 aromatic rings. The van der Waals surface area contributed by atoms with Crippen molar-refractivity contribution in [1.82, 2.24) is 15.0 Å². The predicted molar refractivity (Wildman–Crippen MR) is 98.3 cm³/mol. The van der Waals surface area contributed by atoms with Gasteiger partial charge in [0.25, 0.3) is 5.56 Å². The van der Waals surface area contributed by atoms with Crippen molar-refractivity contribution in [3.8, 4) is 22.5 Å². The van der Waals surface area contributed by atoms with Crippen molar-refractivity contribution in [2.45, 2.75) is 13.8 Å². The predicted octanol–water partition coefficient (Wildman–Crippen LogP) is 4.47. The Morgan fingerprint density at radius 1 is 1.04 bits per heavy atom. The third-order valence-electron chi connectivity index (χ3n) is 4.06. The van der Waals surface area contributed by atoms with Crippen LogP contribution in [-0.2, 0) is 0 Å². The Kier molecular flexibility index (Phi) is 3.69. The van der Waals surface area contributed by atoms with E-state index in [0.29, 0.717) is 16.0 Å². The van der Waals surface area contributed by atoms with Crippen molar-refractivity contribution in [2.75, 3.05) is 0 Å². The summed E-state index contributed by atoms with van der Waals surface area (Å²) in [6.07, 6.45) is 1.70. The molecule has 6 heteroatoms. The molecule has 0 aliphatic heterocycles. The van der Waals surface area contributed by atoms with E-state index in [-0.39, 0.29) is 11.4 Å². The zero-order valence-corrected chi connectivity index (χ0v) is 14.4. The van der Waals surface area contributed by atoms with Gasteiger partial charge in [-0.05, 0) is 43.7 Å². The molecule has 0 unspecified atom stereocenters. The molecule has 0 aliphatic rings. The quantitative estimate of drug-likeness (QED) is 0.580. The average molecular weight is 351 g/mol. The molecule has 1 aromatic carbocycles. The summed E-state index contributed by atoms with van der Waals surface area (Å²) in [5, 5.41) is 0.540. The van der Waals surface area contributed by atoms with E-state index in [1.165, 1.54) is 23.5 Å². The number of H-pyrrole nitrogens is 1. The fraction of sp³-hybridized carbons (Fsp3) is 0.105. The molecule has 124 valence electrons. The van der Waals surface area contributed by atoms with Gasteiger partial charge in [-0.3, -0.25) is 9.78 Å². The lowest BCUT2D eigenvalue weighted by Crippen LogP contribution is -2.09. The van der Waals surface area contributed by atoms with Crippen LogP contribution in [0.15, 0.2) is 47.4 Å². The van der Waals surface area contributed by atoms with Crippen LogP contribution in [0.1, 0.15) is 10.6 Å². The van der Waals surface area contributed by atoms with Crippen LogP contribution in [0.3, 0.4) is 0 Å². The zero-order chi connectivity index (χ0) is 17.6. The number of nitrogens with one attached hydrogen (secondary N) is 1. The molecule has 0 radical (unpaired) electrons. The molecule has 0 fully saturated rings. The van der Waals surface area contributed by atoms with Crippen LogP contribution in [-0.4, -0.2) is 15.0 Å². The number of hydrogen-bond donors (Lipinski definition) is 1. The highest BCUT2D eigenvalue weighted by atomic mass is 32.1. The van der Waals surface area contributed by atoms with Crippen LogP contribution in [0.4, 0.5) is 4.39 Å². The number of rotatable bonds is 2. The lowest BCUT2D eigenvalue weighted by molar-refractivity contribution is 0.628. The lowest BCUT2D eigenvalue weighted by atomic mass is 10.0. The Morgan fingerprint density at radius 3 is 2.44 bits per heavy atom. The molecule has 3 aromatic heterocycles. The summed E-state index contributed by atoms with van der Waals surface area (Å²) >= 11 is 1.46. The second kappa shape index (κ2) is 5.89. The minimum Gasteiger partial charge on any atom is -0.306 e. The number of thiophene rings is 1. The molecule has 0 aliphatic carbocycles. The molecule has 0 amide bonds. The maximum atomic E-state index is 13.2. The summed E-state index contributed by atoms with van der Waals surface area (Å²) < 4.78 is 13.2. The second-order valence-corrected chi connectivity index (χ2v) is 7.03. The zero-order valence-electron chi connectivity index (χ0n) is 13.6. The Hall–Kier alpha value is -2.86. The van der Waals surface area contributed by atoms with Gasteiger partial charge in [0.2, 0.25) is 0 Å². The minimum absolute atomic E-state index is 0.204. The minimum atomic E-state index is -0.304. The number of hydrogen-bond acceptors (Lipinski definition) is 4. The van der Waals surface area contributed by atoms with E-state index in [2.05, 4.69) is 15.0 Å². The average Bonchev–Trinajstić information content (AvgIpc) is 2.93. The number of benzene rings is 1. The van der Waals surface area contributed by atoms with Gasteiger partial charge in [0.05, 0.1) is 5.39 Å². The van der Waals surface area contributed by atoms with E-state index in [1.807, 2.05) is 26.0 Å². The fourth-order valence-corrected chi connectivity index (χ4v) is 3.87. The molecule has 0 spiro atoms. The molecule has 4 rings (SSSR count). The molecule has 0 atom stereocenters. The molecular formula is C19H14FN3OS. The first-order chi connectivity index (χ1) is 12.0. The topological polar surface area (TPSA) is 58.6 Å². The lowest BCUT2D eigenvalue weighted by Gasteiger charge is -2.03. The summed E-state index contributed by atoms with van der Waals surface area (Å²) in [7, 11) is 0. The normalized spacial score (nSPS) is 11.2. The van der Waals surface area contributed by atoms with E-state index < -0.39 is 0 Å². The van der Waals surface area contributed by atoms with Crippen molar-refractivity contribution < 1.29 is 4.39 Å². The first-order valence-corrected chi connectivity index (χ1v) is 8.57. The van der Waals surface area contributed by atoms with Gasteiger partial charge in [0, 0.05) is 27.9 Å². The van der Waals surface area contributed by atoms with Gasteiger partial charge in [-0.25, -0.2) is 9.37 Å². The SMILES string of the molecule is Cc1ccc(-c2nc3sc(C)c(-c4ccc(F)cc4)c3c(=O)[nH]2)cn1. The van der Waals surface area contributed by atoms with Crippen LogP contribution >= 0.6 is 11.3 Å². The van der Waals surface area contributed by atoms with Crippen molar-refractivity contribution in [1.29, 1.82) is 0 Å². The number of aromatic amines is 1. The van der Waals surface area contributed by atoms with E-state index in [9.17, 15) is 9.18 Å². The van der Waals surface area contributed by atoms with Crippen molar-refractivity contribution in [2.24, 2.45) is 0 Å². The van der Waals surface area contributed by atoms with Gasteiger partial charge in [0.1, 0.15) is 16.5 Å². The number of aryl methyl sites for hydroxylation is 2. The summed E-state index contributed by atoms with van der Waals surface area (Å²) in [5.41, 5.74) is 3.07. The third-order valence-corrected chi connectivity index (χ3v) is 5.05. The third kappa shape index (κ3) is 2.74. The molecule has 3 heterocycles. The van der Waals surface area contributed by atoms with Gasteiger partial charge in [-0.2, -0.15) is 0 Å². The monoisotopic (exact) mass is 351 g/mol. The highest BCUT2D eigenvalue weighted by molar-refractivity contribution is 7.19. The van der Waals surface area contributed by atoms with Crippen molar-refractivity contribution in [3.63, 3.8) is 0 Å². The Bertz CT molecular complexity index is 1130. The number of fused-ring (bicyclic) bond motifs is 1. The van der Waals surface area contributed by atoms with E-state index in [4.69, 9.17) is 0 Å². The molecular weight excluding hydrogens is 337 g/mol. The first-order valence-electron chi connectivity index (χ1n) is 7.75. The molecule has 0 saturated heterocycles. The summed E-state index contributed by atoms with van der Waals surface area (Å²) in [5.74, 6) is 0.194. The molecule has 1 N–H and O–H groups in total. The van der Waals surface area contributed by atoms with Crippen LogP contribution in [0.5, 0.6) is 0 Å². The van der Waals surface area contributed by atoms with Gasteiger partial charge in [0.15, 0.2) is 0 Å². The molecule has 25 heavy (non-hydrogen) atoms. The molecule has 0 saturated carbocycles. The number of nitrogens with zero attached hydrogens (tertiary/aromatic N) is 2. The summed E-state index contributed by atoms with van der Waals surface area (Å²) in [4.78, 5) is 26.1. The van der Waals surface area contributed by atoms with E-state index in [1.54, 1.807) is 18.3 Å². The van der Waals surface area contributed by atoms with Gasteiger partial charge in [-0.1, -0.05) is 12.1 Å². The maximum Gasteiger partial charge on any atom is 0.260 e.